The number of nitrogens with zero attached hydrogens (tertiary/aromatic N) is 2. The largest absolute Gasteiger partial charge is 0.435 e. The van der Waals surface area contributed by atoms with Gasteiger partial charge in [0.25, 0.3) is 0 Å². The van der Waals surface area contributed by atoms with E-state index >= 15 is 0 Å². The molecule has 2 rings (SSSR count). The van der Waals surface area contributed by atoms with Crippen molar-refractivity contribution < 1.29 is 22.4 Å². The Labute approximate surface area is 127 Å². The van der Waals surface area contributed by atoms with Crippen LogP contribution in [0.1, 0.15) is 18.2 Å². The third-order valence-corrected chi connectivity index (χ3v) is 4.27. The van der Waals surface area contributed by atoms with Crippen molar-refractivity contribution in [2.45, 2.75) is 24.5 Å². The van der Waals surface area contributed by atoms with E-state index in [1.807, 2.05) is 0 Å². The number of halogens is 5. The van der Waals surface area contributed by atoms with E-state index in [1.165, 1.54) is 0 Å². The molecular weight excluding hydrogens is 334 g/mol. The smallest absolute Gasteiger partial charge is 0.264 e. The van der Waals surface area contributed by atoms with E-state index in [-0.39, 0.29) is 11.6 Å². The summed E-state index contributed by atoms with van der Waals surface area (Å²) in [5.41, 5.74) is 0.128. The first kappa shape index (κ1) is 16.4. The second-order valence-electron chi connectivity index (χ2n) is 4.69. The molecule has 0 saturated heterocycles. The minimum atomic E-state index is -4.70. The second kappa shape index (κ2) is 5.69. The highest BCUT2D eigenvalue weighted by atomic mass is 35.5. The molecule has 21 heavy (non-hydrogen) atoms. The molecular formula is C11H12ClF4N3OS. The average Bonchev–Trinajstić information content (AvgIpc) is 2.91. The fourth-order valence-electron chi connectivity index (χ4n) is 1.69. The first-order chi connectivity index (χ1) is 9.66. The van der Waals surface area contributed by atoms with Crippen molar-refractivity contribution in [2.75, 3.05) is 5.88 Å². The fraction of sp³-hybridized carbons (Fsp3) is 0.545. The third kappa shape index (κ3) is 3.46. The molecule has 1 N–H and O–H groups in total. The highest BCUT2D eigenvalue weighted by Crippen LogP contribution is 2.36. The lowest BCUT2D eigenvalue weighted by molar-refractivity contribution is -0.141. The van der Waals surface area contributed by atoms with Crippen LogP contribution in [-0.2, 0) is 23.8 Å². The molecule has 0 radical (unpaired) electrons. The van der Waals surface area contributed by atoms with Crippen molar-refractivity contribution in [3.8, 4) is 0 Å². The van der Waals surface area contributed by atoms with Crippen molar-refractivity contribution in [3.05, 3.63) is 28.3 Å². The Morgan fingerprint density at radius 3 is 2.71 bits per heavy atom. The van der Waals surface area contributed by atoms with Gasteiger partial charge in [0.05, 0.1) is 10.9 Å². The van der Waals surface area contributed by atoms with Gasteiger partial charge in [-0.2, -0.15) is 22.7 Å². The summed E-state index contributed by atoms with van der Waals surface area (Å²) in [6, 6.07) is 0. The molecule has 0 spiro atoms. The third-order valence-electron chi connectivity index (χ3n) is 2.80. The van der Waals surface area contributed by atoms with E-state index in [2.05, 4.69) is 10.6 Å². The van der Waals surface area contributed by atoms with Crippen LogP contribution in [0, 0.1) is 5.95 Å². The van der Waals surface area contributed by atoms with Crippen LogP contribution < -0.4 is 5.48 Å². The molecule has 1 aliphatic rings. The van der Waals surface area contributed by atoms with Crippen LogP contribution in [-0.4, -0.2) is 21.3 Å². The molecule has 0 aromatic carbocycles. The van der Waals surface area contributed by atoms with Crippen LogP contribution in [0.5, 0.6) is 0 Å². The number of hydroxylamine groups is 1. The zero-order chi connectivity index (χ0) is 15.8. The second-order valence-corrected chi connectivity index (χ2v) is 5.97. The first-order valence-corrected chi connectivity index (χ1v) is 7.32. The molecule has 4 nitrogen and oxygen atoms in total. The maximum Gasteiger partial charge on any atom is 0.435 e. The number of aryl methyl sites for hydroxylation is 1. The summed E-state index contributed by atoms with van der Waals surface area (Å²) in [6.45, 7) is 1.71. The predicted octanol–water partition coefficient (Wildman–Crippen LogP) is 3.18. The van der Waals surface area contributed by atoms with Crippen molar-refractivity contribution in [3.63, 3.8) is 0 Å². The zero-order valence-corrected chi connectivity index (χ0v) is 12.7. The highest BCUT2D eigenvalue weighted by Gasteiger charge is 2.39. The lowest BCUT2D eigenvalue weighted by Gasteiger charge is -2.14. The molecule has 1 unspecified atom stereocenters. The lowest BCUT2D eigenvalue weighted by atomic mass is 10.1. The molecule has 0 saturated carbocycles. The maximum absolute atomic E-state index is 13.7. The van der Waals surface area contributed by atoms with Gasteiger partial charge in [0.15, 0.2) is 5.69 Å². The Kier molecular flexibility index (Phi) is 4.46. The van der Waals surface area contributed by atoms with Gasteiger partial charge >= 0.3 is 6.18 Å². The molecule has 2 heterocycles. The average molecular weight is 346 g/mol. The molecule has 118 valence electrons. The molecule has 1 aromatic heterocycles. The molecule has 10 heteroatoms. The molecule has 1 aliphatic heterocycles. The number of hydrogen-bond donors (Lipinski definition) is 1. The van der Waals surface area contributed by atoms with Crippen molar-refractivity contribution in [2.24, 2.45) is 7.05 Å². The van der Waals surface area contributed by atoms with E-state index in [4.69, 9.17) is 16.4 Å². The van der Waals surface area contributed by atoms with Gasteiger partial charge in [0.2, 0.25) is 5.95 Å². The Hall–Kier alpha value is -0.930. The van der Waals surface area contributed by atoms with Crippen LogP contribution >= 0.6 is 23.4 Å². The Bertz CT molecular complexity index is 575. The summed E-state index contributed by atoms with van der Waals surface area (Å²) in [7, 11) is 1.12. The molecule has 1 aromatic rings. The van der Waals surface area contributed by atoms with E-state index in [9.17, 15) is 17.6 Å². The maximum atomic E-state index is 13.7. The first-order valence-electron chi connectivity index (χ1n) is 5.80. The summed E-state index contributed by atoms with van der Waals surface area (Å²) < 4.78 is 52.7. The molecule has 0 aliphatic carbocycles. The summed E-state index contributed by atoms with van der Waals surface area (Å²) in [5.74, 6) is -1.05. The normalized spacial score (nSPS) is 22.3. The standard InChI is InChI=1S/C11H12ClF4N3OS/c1-10(5-12)3-7(18-20-10)21-4-6-8(11(14,15)16)17-19(2)9(6)13/h3,18H,4-5H2,1-2H3. The Morgan fingerprint density at radius 1 is 1.52 bits per heavy atom. The topological polar surface area (TPSA) is 39.1 Å². The predicted molar refractivity (Wildman–Crippen MR) is 70.9 cm³/mol. The lowest BCUT2D eigenvalue weighted by Crippen LogP contribution is -2.27. The minimum Gasteiger partial charge on any atom is -0.264 e. The number of nitrogens with one attached hydrogen (secondary N) is 1. The van der Waals surface area contributed by atoms with E-state index in [1.54, 1.807) is 13.0 Å². The molecule has 0 fully saturated rings. The molecule has 0 amide bonds. The zero-order valence-electron chi connectivity index (χ0n) is 11.1. The van der Waals surface area contributed by atoms with Gasteiger partial charge in [-0.15, -0.1) is 23.4 Å². The number of hydrogen-bond acceptors (Lipinski definition) is 4. The van der Waals surface area contributed by atoms with Crippen LogP contribution in [0.2, 0.25) is 0 Å². The summed E-state index contributed by atoms with van der Waals surface area (Å²) in [5, 5.41) is 3.66. The van der Waals surface area contributed by atoms with Crippen LogP contribution in [0.15, 0.2) is 11.1 Å². The van der Waals surface area contributed by atoms with Crippen molar-refractivity contribution >= 4 is 23.4 Å². The van der Waals surface area contributed by atoms with E-state index in [0.717, 1.165) is 18.8 Å². The summed E-state index contributed by atoms with van der Waals surface area (Å²) in [6.07, 6.45) is -3.05. The van der Waals surface area contributed by atoms with Gasteiger partial charge in [-0.25, -0.2) is 4.68 Å². The quantitative estimate of drug-likeness (QED) is 0.672. The van der Waals surface area contributed by atoms with Gasteiger partial charge in [0.1, 0.15) is 5.60 Å². The monoisotopic (exact) mass is 345 g/mol. The van der Waals surface area contributed by atoms with Gasteiger partial charge in [-0.05, 0) is 13.0 Å². The summed E-state index contributed by atoms with van der Waals surface area (Å²) in [4.78, 5) is 5.19. The number of aromatic nitrogens is 2. The van der Waals surface area contributed by atoms with Gasteiger partial charge in [-0.1, -0.05) is 0 Å². The number of rotatable bonds is 4. The van der Waals surface area contributed by atoms with Gasteiger partial charge in [0, 0.05) is 18.4 Å². The SMILES string of the molecule is Cn1nc(C(F)(F)F)c(CSC2=CC(C)(CCl)ON2)c1F. The van der Waals surface area contributed by atoms with Crippen molar-refractivity contribution in [1.29, 1.82) is 0 Å². The van der Waals surface area contributed by atoms with Crippen LogP contribution in [0.4, 0.5) is 17.6 Å². The van der Waals surface area contributed by atoms with E-state index in [0.29, 0.717) is 9.71 Å². The van der Waals surface area contributed by atoms with E-state index < -0.39 is 29.0 Å². The van der Waals surface area contributed by atoms with Crippen molar-refractivity contribution in [1.82, 2.24) is 15.3 Å². The van der Waals surface area contributed by atoms with Gasteiger partial charge < -0.3 is 0 Å². The summed E-state index contributed by atoms with van der Waals surface area (Å²) >= 11 is 6.69. The fourth-order valence-corrected chi connectivity index (χ4v) is 2.81. The minimum absolute atomic E-state index is 0.180. The number of thioether (sulfide) groups is 1. The molecule has 1 atom stereocenters. The van der Waals surface area contributed by atoms with Crippen LogP contribution in [0.25, 0.3) is 0 Å². The number of alkyl halides is 4. The molecule has 0 bridgehead atoms. The van der Waals surface area contributed by atoms with Crippen LogP contribution in [0.3, 0.4) is 0 Å². The Morgan fingerprint density at radius 2 is 2.19 bits per heavy atom. The van der Waals surface area contributed by atoms with Gasteiger partial charge in [-0.3, -0.25) is 10.3 Å². The highest BCUT2D eigenvalue weighted by molar-refractivity contribution is 8.02. The Balaban J connectivity index is 2.16.